The van der Waals surface area contributed by atoms with Gasteiger partial charge < -0.3 is 20.6 Å². The second-order valence-electron chi connectivity index (χ2n) is 10.4. The number of aryl methyl sites for hydroxylation is 1. The zero-order chi connectivity index (χ0) is 26.9. The average molecular weight is 518 g/mol. The zero-order valence-electron chi connectivity index (χ0n) is 21.9. The number of Topliss-reactive ketones (excluding diaryl/α,β-unsaturated/α-hetero) is 1. The number of carbonyl (C=O) groups excluding carboxylic acids is 2. The summed E-state index contributed by atoms with van der Waals surface area (Å²) in [5.74, 6) is -0.238. The smallest absolute Gasteiger partial charge is 0.256 e. The summed E-state index contributed by atoms with van der Waals surface area (Å²) < 4.78 is 0. The Kier molecular flexibility index (Phi) is 6.63. The Morgan fingerprint density at radius 3 is 2.56 bits per heavy atom. The molecule has 0 fully saturated rings. The van der Waals surface area contributed by atoms with Crippen molar-refractivity contribution < 1.29 is 14.7 Å². The minimum absolute atomic E-state index is 0.0368. The van der Waals surface area contributed by atoms with Crippen molar-refractivity contribution in [1.82, 2.24) is 10.2 Å². The number of hydrogen-bond donors (Lipinski definition) is 3. The van der Waals surface area contributed by atoms with Gasteiger partial charge in [-0.25, -0.2) is 0 Å². The van der Waals surface area contributed by atoms with Crippen molar-refractivity contribution in [2.75, 3.05) is 11.9 Å². The van der Waals surface area contributed by atoms with Crippen LogP contribution in [0.25, 0.3) is 11.1 Å². The number of nitrogens with zero attached hydrogens (tertiary/aromatic N) is 1. The second kappa shape index (κ2) is 10.4. The molecule has 196 valence electrons. The first-order chi connectivity index (χ1) is 19.0. The van der Waals surface area contributed by atoms with Crippen LogP contribution in [0.3, 0.4) is 0 Å². The lowest BCUT2D eigenvalue weighted by atomic mass is 9.96. The van der Waals surface area contributed by atoms with Crippen LogP contribution in [-0.2, 0) is 0 Å². The van der Waals surface area contributed by atoms with Crippen LogP contribution in [0.1, 0.15) is 45.5 Å². The Labute approximate surface area is 228 Å². The van der Waals surface area contributed by atoms with Gasteiger partial charge in [0.2, 0.25) is 0 Å². The lowest BCUT2D eigenvalue weighted by molar-refractivity contribution is 0.0965. The highest BCUT2D eigenvalue weighted by molar-refractivity contribution is 6.09. The van der Waals surface area contributed by atoms with Crippen LogP contribution in [0.4, 0.5) is 5.69 Å². The van der Waals surface area contributed by atoms with E-state index in [4.69, 9.17) is 0 Å². The molecule has 3 aliphatic rings. The van der Waals surface area contributed by atoms with Crippen LogP contribution in [0.15, 0.2) is 108 Å². The van der Waals surface area contributed by atoms with Crippen molar-refractivity contribution in [2.24, 2.45) is 0 Å². The Morgan fingerprint density at radius 1 is 1.00 bits per heavy atom. The maximum absolute atomic E-state index is 13.6. The molecule has 0 aromatic heterocycles. The molecule has 6 nitrogen and oxygen atoms in total. The van der Waals surface area contributed by atoms with E-state index in [2.05, 4.69) is 21.6 Å². The Balaban J connectivity index is 1.20. The molecule has 2 aliphatic heterocycles. The summed E-state index contributed by atoms with van der Waals surface area (Å²) in [6, 6.07) is 22.2. The number of rotatable bonds is 5. The molecule has 2 atom stereocenters. The third-order valence-corrected chi connectivity index (χ3v) is 7.63. The number of aliphatic hydroxyl groups excluding tert-OH is 1. The lowest BCUT2D eigenvalue weighted by Gasteiger charge is -2.30. The van der Waals surface area contributed by atoms with E-state index in [0.717, 1.165) is 40.3 Å². The lowest BCUT2D eigenvalue weighted by Crippen LogP contribution is -2.36. The Bertz CT molecular complexity index is 1520. The van der Waals surface area contributed by atoms with Gasteiger partial charge in [0.1, 0.15) is 6.04 Å². The molecule has 1 amide bonds. The minimum atomic E-state index is -0.505. The van der Waals surface area contributed by atoms with E-state index in [9.17, 15) is 14.7 Å². The minimum Gasteiger partial charge on any atom is -0.393 e. The molecule has 3 aromatic carbocycles. The third kappa shape index (κ3) is 5.03. The summed E-state index contributed by atoms with van der Waals surface area (Å²) in [6.07, 6.45) is 7.71. The van der Waals surface area contributed by atoms with E-state index in [-0.39, 0.29) is 17.8 Å². The molecule has 39 heavy (non-hydrogen) atoms. The fourth-order valence-electron chi connectivity index (χ4n) is 5.52. The number of carbonyl (C=O) groups is 2. The zero-order valence-corrected chi connectivity index (χ0v) is 21.9. The molecular weight excluding hydrogens is 486 g/mol. The number of nitrogens with one attached hydrogen (secondary N) is 2. The van der Waals surface area contributed by atoms with Crippen LogP contribution >= 0.6 is 0 Å². The van der Waals surface area contributed by atoms with Crippen molar-refractivity contribution in [3.8, 4) is 11.1 Å². The summed E-state index contributed by atoms with van der Waals surface area (Å²) in [5, 5.41) is 16.7. The maximum Gasteiger partial charge on any atom is 0.256 e. The number of fused-ring (bicyclic) bond motifs is 2. The number of amides is 1. The van der Waals surface area contributed by atoms with E-state index < -0.39 is 6.04 Å². The summed E-state index contributed by atoms with van der Waals surface area (Å²) in [5.41, 5.74) is 7.88. The summed E-state index contributed by atoms with van der Waals surface area (Å²) in [4.78, 5) is 28.9. The molecule has 0 saturated heterocycles. The van der Waals surface area contributed by atoms with Gasteiger partial charge in [0.15, 0.2) is 5.78 Å². The highest BCUT2D eigenvalue weighted by atomic mass is 16.3. The van der Waals surface area contributed by atoms with Gasteiger partial charge in [-0.3, -0.25) is 9.59 Å². The van der Waals surface area contributed by atoms with Gasteiger partial charge in [0.05, 0.1) is 6.10 Å². The fourth-order valence-corrected chi connectivity index (χ4v) is 5.52. The quantitative estimate of drug-likeness (QED) is 0.385. The predicted octanol–water partition coefficient (Wildman–Crippen LogP) is 5.58. The normalized spacial score (nSPS) is 19.9. The largest absolute Gasteiger partial charge is 0.393 e. The molecule has 2 unspecified atom stereocenters. The van der Waals surface area contributed by atoms with Crippen LogP contribution < -0.4 is 10.6 Å². The van der Waals surface area contributed by atoms with E-state index in [1.54, 1.807) is 24.3 Å². The molecule has 3 aromatic rings. The van der Waals surface area contributed by atoms with Crippen molar-refractivity contribution in [1.29, 1.82) is 0 Å². The molecule has 2 heterocycles. The van der Waals surface area contributed by atoms with Gasteiger partial charge in [0, 0.05) is 46.9 Å². The molecule has 0 saturated carbocycles. The van der Waals surface area contributed by atoms with Crippen LogP contribution in [-0.4, -0.2) is 40.4 Å². The van der Waals surface area contributed by atoms with Crippen LogP contribution in [0.2, 0.25) is 0 Å². The van der Waals surface area contributed by atoms with Crippen LogP contribution in [0, 0.1) is 6.92 Å². The molecular formula is C33H31N3O3. The van der Waals surface area contributed by atoms with Crippen molar-refractivity contribution in [2.45, 2.75) is 38.3 Å². The SMILES string of the molecule is Cc1ccc(-c2ccccc2C(=O)Nc2ccc(C(=O)C3C=C4C=CCN4C4=C(CCC(O)C4)N3)cc2)cc1. The van der Waals surface area contributed by atoms with Gasteiger partial charge in [-0.2, -0.15) is 0 Å². The highest BCUT2D eigenvalue weighted by Crippen LogP contribution is 2.34. The molecule has 1 aliphatic carbocycles. The maximum atomic E-state index is 13.6. The number of anilines is 1. The number of hydrogen-bond acceptors (Lipinski definition) is 5. The van der Waals surface area contributed by atoms with Gasteiger partial charge in [0.25, 0.3) is 5.91 Å². The topological polar surface area (TPSA) is 81.7 Å². The third-order valence-electron chi connectivity index (χ3n) is 7.63. The molecule has 6 heteroatoms. The standard InChI is InChI=1S/C33H31N3O3/c1-21-8-10-22(11-9-21)27-6-2-3-7-28(27)33(39)34-24-14-12-23(13-15-24)32(38)30-19-25-5-4-18-36(25)31-20-26(37)16-17-29(31)35-30/h2-15,19,26,30,35,37H,16-18,20H2,1H3,(H,34,39). The second-order valence-corrected chi connectivity index (χ2v) is 10.4. The number of ketones is 1. The molecule has 0 spiro atoms. The van der Waals surface area contributed by atoms with Gasteiger partial charge in [-0.05, 0) is 73.4 Å². The van der Waals surface area contributed by atoms with Crippen molar-refractivity contribution in [3.05, 3.63) is 125 Å². The van der Waals surface area contributed by atoms with Gasteiger partial charge >= 0.3 is 0 Å². The van der Waals surface area contributed by atoms with E-state index in [0.29, 0.717) is 36.1 Å². The molecule has 3 N–H and O–H groups in total. The number of allylic oxidation sites excluding steroid dienone is 2. The first kappa shape index (κ1) is 24.9. The van der Waals surface area contributed by atoms with Crippen LogP contribution in [0.5, 0.6) is 0 Å². The van der Waals surface area contributed by atoms with Crippen molar-refractivity contribution >= 4 is 17.4 Å². The summed E-state index contributed by atoms with van der Waals surface area (Å²) in [6.45, 7) is 2.79. The van der Waals surface area contributed by atoms with Crippen molar-refractivity contribution in [3.63, 3.8) is 0 Å². The number of benzene rings is 3. The summed E-state index contributed by atoms with van der Waals surface area (Å²) in [7, 11) is 0. The number of aliphatic hydroxyl groups is 1. The Hall–Kier alpha value is -4.42. The fraction of sp³-hybridized carbons (Fsp3) is 0.212. The highest BCUT2D eigenvalue weighted by Gasteiger charge is 2.32. The average Bonchev–Trinajstić information content (AvgIpc) is 3.36. The van der Waals surface area contributed by atoms with Gasteiger partial charge in [-0.1, -0.05) is 54.1 Å². The molecule has 6 rings (SSSR count). The Morgan fingerprint density at radius 2 is 1.77 bits per heavy atom. The molecule has 0 bridgehead atoms. The van der Waals surface area contributed by atoms with E-state index >= 15 is 0 Å². The first-order valence-corrected chi connectivity index (χ1v) is 13.4. The molecule has 0 radical (unpaired) electrons. The van der Waals surface area contributed by atoms with Gasteiger partial charge in [-0.15, -0.1) is 0 Å². The predicted molar refractivity (Wildman–Crippen MR) is 153 cm³/mol. The summed E-state index contributed by atoms with van der Waals surface area (Å²) >= 11 is 0. The van der Waals surface area contributed by atoms with E-state index in [1.807, 2.05) is 67.6 Å². The first-order valence-electron chi connectivity index (χ1n) is 13.4. The monoisotopic (exact) mass is 517 g/mol. The van der Waals surface area contributed by atoms with E-state index in [1.165, 1.54) is 0 Å².